The molecular formula is C17H22N6O. The van der Waals surface area contributed by atoms with Crippen LogP contribution in [0.1, 0.15) is 55.6 Å². The quantitative estimate of drug-likeness (QED) is 0.801. The summed E-state index contributed by atoms with van der Waals surface area (Å²) in [5.41, 5.74) is 1.91. The second-order valence-electron chi connectivity index (χ2n) is 7.00. The summed E-state index contributed by atoms with van der Waals surface area (Å²) in [5.74, 6) is 0.536. The first kappa shape index (κ1) is 16.2. The van der Waals surface area contributed by atoms with Gasteiger partial charge in [0.1, 0.15) is 0 Å². The van der Waals surface area contributed by atoms with Crippen LogP contribution in [0.25, 0.3) is 5.65 Å². The van der Waals surface area contributed by atoms with Crippen LogP contribution >= 0.6 is 0 Å². The molecule has 3 aromatic rings. The smallest absolute Gasteiger partial charge is 0.255 e. The Bertz CT molecular complexity index is 886. The largest absolute Gasteiger partial charge is 0.342 e. The minimum absolute atomic E-state index is 0.159. The molecule has 0 aliphatic heterocycles. The molecule has 0 saturated carbocycles. The number of amides is 1. The molecule has 7 nitrogen and oxygen atoms in total. The third-order valence-corrected chi connectivity index (χ3v) is 3.86. The second kappa shape index (κ2) is 5.74. The predicted octanol–water partition coefficient (Wildman–Crippen LogP) is 2.25. The average molecular weight is 326 g/mol. The fourth-order valence-electron chi connectivity index (χ4n) is 2.70. The van der Waals surface area contributed by atoms with Crippen LogP contribution in [0.3, 0.4) is 0 Å². The zero-order chi connectivity index (χ0) is 17.5. The number of pyridine rings is 1. The lowest BCUT2D eigenvalue weighted by Crippen LogP contribution is -2.30. The van der Waals surface area contributed by atoms with Crippen LogP contribution in [0.2, 0.25) is 0 Å². The Labute approximate surface area is 140 Å². The molecule has 0 saturated heterocycles. The lowest BCUT2D eigenvalue weighted by Gasteiger charge is -2.18. The Morgan fingerprint density at radius 2 is 2.00 bits per heavy atom. The molecule has 0 aliphatic carbocycles. The number of carbonyl (C=O) groups excluding carboxylic acids is 1. The van der Waals surface area contributed by atoms with Gasteiger partial charge in [-0.1, -0.05) is 26.8 Å². The van der Waals surface area contributed by atoms with E-state index in [9.17, 15) is 4.79 Å². The zero-order valence-electron chi connectivity index (χ0n) is 14.6. The summed E-state index contributed by atoms with van der Waals surface area (Å²) in [5, 5.41) is 15.8. The van der Waals surface area contributed by atoms with E-state index in [-0.39, 0.29) is 17.4 Å². The first-order valence-corrected chi connectivity index (χ1v) is 7.92. The Balaban J connectivity index is 1.88. The molecule has 0 radical (unpaired) electrons. The van der Waals surface area contributed by atoms with Gasteiger partial charge in [-0.05, 0) is 19.1 Å². The van der Waals surface area contributed by atoms with Crippen molar-refractivity contribution < 1.29 is 4.79 Å². The van der Waals surface area contributed by atoms with E-state index in [0.29, 0.717) is 11.4 Å². The third kappa shape index (κ3) is 2.89. The number of hydrogen-bond donors (Lipinski definition) is 1. The average Bonchev–Trinajstić information content (AvgIpc) is 3.10. The van der Waals surface area contributed by atoms with Crippen molar-refractivity contribution in [2.24, 2.45) is 7.05 Å². The van der Waals surface area contributed by atoms with E-state index in [1.54, 1.807) is 10.9 Å². The molecule has 3 aromatic heterocycles. The highest BCUT2D eigenvalue weighted by Gasteiger charge is 2.27. The number of nitrogens with zero attached hydrogens (tertiary/aromatic N) is 5. The van der Waals surface area contributed by atoms with Gasteiger partial charge in [-0.25, -0.2) is 0 Å². The van der Waals surface area contributed by atoms with Gasteiger partial charge in [0.2, 0.25) is 0 Å². The summed E-state index contributed by atoms with van der Waals surface area (Å²) in [6.45, 7) is 8.03. The molecule has 0 bridgehead atoms. The standard InChI is InChI=1S/C17H22N6O/c1-11(15-20-19-13-8-6-7-9-23(13)15)18-16(24)12-10-22(5)21-14(12)17(2,3)4/h6-11H,1-5H3,(H,18,24). The van der Waals surface area contributed by atoms with Crippen molar-refractivity contribution in [3.05, 3.63) is 47.7 Å². The van der Waals surface area contributed by atoms with Gasteiger partial charge in [0, 0.05) is 24.9 Å². The molecule has 0 aromatic carbocycles. The fraction of sp³-hybridized carbons (Fsp3) is 0.412. The molecular weight excluding hydrogens is 304 g/mol. The molecule has 7 heteroatoms. The molecule has 126 valence electrons. The Hall–Kier alpha value is -2.70. The van der Waals surface area contributed by atoms with Crippen molar-refractivity contribution in [2.75, 3.05) is 0 Å². The van der Waals surface area contributed by atoms with E-state index in [4.69, 9.17) is 0 Å². The van der Waals surface area contributed by atoms with Gasteiger partial charge < -0.3 is 5.32 Å². The number of carbonyl (C=O) groups is 1. The summed E-state index contributed by atoms with van der Waals surface area (Å²) < 4.78 is 3.55. The van der Waals surface area contributed by atoms with Crippen LogP contribution in [-0.2, 0) is 12.5 Å². The van der Waals surface area contributed by atoms with E-state index in [1.165, 1.54) is 0 Å². The van der Waals surface area contributed by atoms with Crippen molar-refractivity contribution in [1.82, 2.24) is 29.7 Å². The second-order valence-corrected chi connectivity index (χ2v) is 7.00. The van der Waals surface area contributed by atoms with Gasteiger partial charge in [0.05, 0.1) is 17.3 Å². The predicted molar refractivity (Wildman–Crippen MR) is 90.8 cm³/mol. The van der Waals surface area contributed by atoms with E-state index in [0.717, 1.165) is 11.3 Å². The Kier molecular flexibility index (Phi) is 3.87. The third-order valence-electron chi connectivity index (χ3n) is 3.86. The van der Waals surface area contributed by atoms with Gasteiger partial charge in [0.25, 0.3) is 5.91 Å². The van der Waals surface area contributed by atoms with Gasteiger partial charge in [0.15, 0.2) is 11.5 Å². The molecule has 24 heavy (non-hydrogen) atoms. The monoisotopic (exact) mass is 326 g/mol. The van der Waals surface area contributed by atoms with Crippen LogP contribution in [-0.4, -0.2) is 30.3 Å². The number of nitrogens with one attached hydrogen (secondary N) is 1. The molecule has 1 N–H and O–H groups in total. The van der Waals surface area contributed by atoms with E-state index in [1.807, 2.05) is 63.5 Å². The highest BCUT2D eigenvalue weighted by atomic mass is 16.1. The van der Waals surface area contributed by atoms with Gasteiger partial charge in [-0.3, -0.25) is 13.9 Å². The first-order chi connectivity index (χ1) is 11.3. The number of fused-ring (bicyclic) bond motifs is 1. The summed E-state index contributed by atoms with van der Waals surface area (Å²) in [4.78, 5) is 12.7. The maximum absolute atomic E-state index is 12.7. The normalized spacial score (nSPS) is 13.2. The van der Waals surface area contributed by atoms with Crippen LogP contribution in [0.5, 0.6) is 0 Å². The maximum atomic E-state index is 12.7. The molecule has 1 unspecified atom stereocenters. The summed E-state index contributed by atoms with van der Waals surface area (Å²) in [6.07, 6.45) is 3.64. The van der Waals surface area contributed by atoms with E-state index < -0.39 is 0 Å². The maximum Gasteiger partial charge on any atom is 0.255 e. The molecule has 3 rings (SSSR count). The first-order valence-electron chi connectivity index (χ1n) is 7.92. The molecule has 0 aliphatic rings. The van der Waals surface area contributed by atoms with Gasteiger partial charge >= 0.3 is 0 Å². The number of aryl methyl sites for hydroxylation is 1. The molecule has 1 amide bonds. The lowest BCUT2D eigenvalue weighted by molar-refractivity contribution is 0.0936. The SMILES string of the molecule is CC(NC(=O)c1cn(C)nc1C(C)(C)C)c1nnc2ccccn12. The van der Waals surface area contributed by atoms with Crippen molar-refractivity contribution in [1.29, 1.82) is 0 Å². The summed E-state index contributed by atoms with van der Waals surface area (Å²) >= 11 is 0. The van der Waals surface area contributed by atoms with Crippen molar-refractivity contribution >= 4 is 11.6 Å². The van der Waals surface area contributed by atoms with Crippen LogP contribution in [0.15, 0.2) is 30.6 Å². The Morgan fingerprint density at radius 1 is 1.25 bits per heavy atom. The van der Waals surface area contributed by atoms with Crippen molar-refractivity contribution in [3.8, 4) is 0 Å². The van der Waals surface area contributed by atoms with E-state index in [2.05, 4.69) is 20.6 Å². The Morgan fingerprint density at radius 3 is 2.71 bits per heavy atom. The van der Waals surface area contributed by atoms with Crippen molar-refractivity contribution in [2.45, 2.75) is 39.2 Å². The number of rotatable bonds is 3. The summed E-state index contributed by atoms with van der Waals surface area (Å²) in [6, 6.07) is 5.42. The van der Waals surface area contributed by atoms with E-state index >= 15 is 0 Å². The number of aromatic nitrogens is 5. The molecule has 3 heterocycles. The van der Waals surface area contributed by atoms with Crippen LogP contribution in [0, 0.1) is 0 Å². The molecule has 0 fully saturated rings. The minimum Gasteiger partial charge on any atom is -0.342 e. The minimum atomic E-state index is -0.275. The van der Waals surface area contributed by atoms with Crippen LogP contribution < -0.4 is 5.32 Å². The number of hydrogen-bond acceptors (Lipinski definition) is 4. The highest BCUT2D eigenvalue weighted by Crippen LogP contribution is 2.24. The van der Waals surface area contributed by atoms with Gasteiger partial charge in [-0.2, -0.15) is 5.10 Å². The van der Waals surface area contributed by atoms with Crippen LogP contribution in [0.4, 0.5) is 0 Å². The lowest BCUT2D eigenvalue weighted by atomic mass is 9.89. The topological polar surface area (TPSA) is 77.1 Å². The van der Waals surface area contributed by atoms with Gasteiger partial charge in [-0.15, -0.1) is 10.2 Å². The fourth-order valence-corrected chi connectivity index (χ4v) is 2.70. The highest BCUT2D eigenvalue weighted by molar-refractivity contribution is 5.95. The molecule has 1 atom stereocenters. The van der Waals surface area contributed by atoms with Crippen molar-refractivity contribution in [3.63, 3.8) is 0 Å². The zero-order valence-corrected chi connectivity index (χ0v) is 14.6. The molecule has 0 spiro atoms. The summed E-state index contributed by atoms with van der Waals surface area (Å²) in [7, 11) is 1.82.